The van der Waals surface area contributed by atoms with Gasteiger partial charge >= 0.3 is 6.03 Å². The van der Waals surface area contributed by atoms with Crippen LogP contribution in [0.25, 0.3) is 0 Å². The molecule has 2 N–H and O–H groups in total. The molecule has 0 unspecified atom stereocenters. The number of hydrogen-bond acceptors (Lipinski definition) is 2. The van der Waals surface area contributed by atoms with E-state index < -0.39 is 0 Å². The number of urea groups is 1. The predicted molar refractivity (Wildman–Crippen MR) is 59.9 cm³/mol. The van der Waals surface area contributed by atoms with Crippen molar-refractivity contribution >= 4 is 11.7 Å². The van der Waals surface area contributed by atoms with Crippen molar-refractivity contribution in [3.05, 3.63) is 29.8 Å². The van der Waals surface area contributed by atoms with Crippen LogP contribution in [-0.2, 0) is 11.3 Å². The molecule has 0 aliphatic heterocycles. The second-order valence-corrected chi connectivity index (χ2v) is 3.07. The highest BCUT2D eigenvalue weighted by atomic mass is 16.5. The molecule has 0 spiro atoms. The van der Waals surface area contributed by atoms with Gasteiger partial charge in [-0.15, -0.1) is 0 Å². The molecule has 0 saturated heterocycles. The van der Waals surface area contributed by atoms with E-state index in [-0.39, 0.29) is 6.03 Å². The van der Waals surface area contributed by atoms with Gasteiger partial charge in [0.1, 0.15) is 0 Å². The van der Waals surface area contributed by atoms with Gasteiger partial charge in [0.25, 0.3) is 0 Å². The molecule has 0 aliphatic carbocycles. The van der Waals surface area contributed by atoms with Gasteiger partial charge in [0.15, 0.2) is 0 Å². The van der Waals surface area contributed by atoms with Crippen LogP contribution in [0.4, 0.5) is 10.5 Å². The fourth-order valence-corrected chi connectivity index (χ4v) is 1.25. The third kappa shape index (κ3) is 3.59. The second-order valence-electron chi connectivity index (χ2n) is 3.07. The Labute approximate surface area is 89.6 Å². The van der Waals surface area contributed by atoms with Gasteiger partial charge in [-0.1, -0.05) is 18.2 Å². The first-order chi connectivity index (χ1) is 7.27. The SMILES string of the molecule is CCNC(=O)Nc1ccccc1COC. The Balaban J connectivity index is 2.70. The monoisotopic (exact) mass is 208 g/mol. The fourth-order valence-electron chi connectivity index (χ4n) is 1.25. The minimum Gasteiger partial charge on any atom is -0.380 e. The Morgan fingerprint density at radius 2 is 2.13 bits per heavy atom. The quantitative estimate of drug-likeness (QED) is 0.794. The topological polar surface area (TPSA) is 50.4 Å². The molecule has 1 aromatic carbocycles. The summed E-state index contributed by atoms with van der Waals surface area (Å²) in [4.78, 5) is 11.3. The predicted octanol–water partition coefficient (Wildman–Crippen LogP) is 1.97. The minimum absolute atomic E-state index is 0.193. The van der Waals surface area contributed by atoms with Crippen LogP contribution in [0.3, 0.4) is 0 Å². The number of rotatable bonds is 4. The van der Waals surface area contributed by atoms with Gasteiger partial charge in [-0.05, 0) is 13.0 Å². The Bertz CT molecular complexity index is 326. The highest BCUT2D eigenvalue weighted by molar-refractivity contribution is 5.89. The lowest BCUT2D eigenvalue weighted by atomic mass is 10.2. The number of nitrogens with one attached hydrogen (secondary N) is 2. The number of anilines is 1. The summed E-state index contributed by atoms with van der Waals surface area (Å²) >= 11 is 0. The summed E-state index contributed by atoms with van der Waals surface area (Å²) in [5, 5.41) is 5.44. The number of benzene rings is 1. The van der Waals surface area contributed by atoms with E-state index >= 15 is 0 Å². The van der Waals surface area contributed by atoms with Crippen LogP contribution in [0.5, 0.6) is 0 Å². The summed E-state index contributed by atoms with van der Waals surface area (Å²) in [5.74, 6) is 0. The molecular weight excluding hydrogens is 192 g/mol. The van der Waals surface area contributed by atoms with E-state index in [2.05, 4.69) is 10.6 Å². The van der Waals surface area contributed by atoms with Crippen molar-refractivity contribution < 1.29 is 9.53 Å². The van der Waals surface area contributed by atoms with Gasteiger partial charge < -0.3 is 15.4 Å². The Morgan fingerprint density at radius 3 is 2.80 bits per heavy atom. The van der Waals surface area contributed by atoms with Gasteiger partial charge in [-0.25, -0.2) is 4.79 Å². The number of ether oxygens (including phenoxy) is 1. The van der Waals surface area contributed by atoms with Gasteiger partial charge in [0.2, 0.25) is 0 Å². The van der Waals surface area contributed by atoms with Crippen molar-refractivity contribution in [2.45, 2.75) is 13.5 Å². The van der Waals surface area contributed by atoms with Crippen LogP contribution in [0.1, 0.15) is 12.5 Å². The van der Waals surface area contributed by atoms with E-state index in [0.29, 0.717) is 13.2 Å². The first-order valence-electron chi connectivity index (χ1n) is 4.89. The summed E-state index contributed by atoms with van der Waals surface area (Å²) in [6, 6.07) is 7.37. The third-order valence-electron chi connectivity index (χ3n) is 1.90. The van der Waals surface area contributed by atoms with E-state index in [9.17, 15) is 4.79 Å². The molecule has 0 bridgehead atoms. The zero-order chi connectivity index (χ0) is 11.1. The summed E-state index contributed by atoms with van der Waals surface area (Å²) < 4.78 is 5.04. The molecule has 0 heterocycles. The third-order valence-corrected chi connectivity index (χ3v) is 1.90. The fraction of sp³-hybridized carbons (Fsp3) is 0.364. The molecule has 4 nitrogen and oxygen atoms in total. The van der Waals surface area contributed by atoms with Crippen LogP contribution >= 0.6 is 0 Å². The molecular formula is C11H16N2O2. The number of carbonyl (C=O) groups is 1. The van der Waals surface area contributed by atoms with Gasteiger partial charge in [0, 0.05) is 24.9 Å². The summed E-state index contributed by atoms with van der Waals surface area (Å²) in [6.45, 7) is 2.97. The number of para-hydroxylation sites is 1. The molecule has 0 fully saturated rings. The van der Waals surface area contributed by atoms with Crippen molar-refractivity contribution in [3.63, 3.8) is 0 Å². The smallest absolute Gasteiger partial charge is 0.319 e. The van der Waals surface area contributed by atoms with E-state index in [4.69, 9.17) is 4.74 Å². The Hall–Kier alpha value is -1.55. The maximum Gasteiger partial charge on any atom is 0.319 e. The standard InChI is InChI=1S/C11H16N2O2/c1-3-12-11(14)13-10-7-5-4-6-9(10)8-15-2/h4-7H,3,8H2,1-2H3,(H2,12,13,14). The van der Waals surface area contributed by atoms with Gasteiger partial charge in [-0.2, -0.15) is 0 Å². The van der Waals surface area contributed by atoms with Crippen LogP contribution in [0.2, 0.25) is 0 Å². The molecule has 2 amide bonds. The van der Waals surface area contributed by atoms with Gasteiger partial charge in [-0.3, -0.25) is 0 Å². The zero-order valence-electron chi connectivity index (χ0n) is 9.04. The van der Waals surface area contributed by atoms with Crippen molar-refractivity contribution in [1.29, 1.82) is 0 Å². The molecule has 1 aromatic rings. The van der Waals surface area contributed by atoms with E-state index in [0.717, 1.165) is 11.3 Å². The summed E-state index contributed by atoms with van der Waals surface area (Å²) in [5.41, 5.74) is 1.75. The number of hydrogen-bond donors (Lipinski definition) is 2. The number of amides is 2. The van der Waals surface area contributed by atoms with Gasteiger partial charge in [0.05, 0.1) is 6.61 Å². The molecule has 0 atom stereocenters. The van der Waals surface area contributed by atoms with Crippen molar-refractivity contribution in [1.82, 2.24) is 5.32 Å². The maximum absolute atomic E-state index is 11.3. The molecule has 0 aliphatic rings. The minimum atomic E-state index is -0.193. The Kier molecular flexibility index (Phi) is 4.63. The van der Waals surface area contributed by atoms with E-state index in [1.54, 1.807) is 7.11 Å². The molecule has 0 saturated carbocycles. The molecule has 0 radical (unpaired) electrons. The Morgan fingerprint density at radius 1 is 1.40 bits per heavy atom. The van der Waals surface area contributed by atoms with E-state index in [1.165, 1.54) is 0 Å². The lowest BCUT2D eigenvalue weighted by Gasteiger charge is -2.10. The molecule has 15 heavy (non-hydrogen) atoms. The molecule has 4 heteroatoms. The van der Waals surface area contributed by atoms with E-state index in [1.807, 2.05) is 31.2 Å². The maximum atomic E-state index is 11.3. The summed E-state index contributed by atoms with van der Waals surface area (Å²) in [6.07, 6.45) is 0. The number of methoxy groups -OCH3 is 1. The van der Waals surface area contributed by atoms with Crippen molar-refractivity contribution in [3.8, 4) is 0 Å². The average molecular weight is 208 g/mol. The van der Waals surface area contributed by atoms with Crippen LogP contribution < -0.4 is 10.6 Å². The number of carbonyl (C=O) groups excluding carboxylic acids is 1. The highest BCUT2D eigenvalue weighted by Gasteiger charge is 2.04. The molecule has 0 aromatic heterocycles. The summed E-state index contributed by atoms with van der Waals surface area (Å²) in [7, 11) is 1.63. The first-order valence-corrected chi connectivity index (χ1v) is 4.89. The average Bonchev–Trinajstić information content (AvgIpc) is 2.21. The first kappa shape index (κ1) is 11.5. The van der Waals surface area contributed by atoms with Crippen molar-refractivity contribution in [2.75, 3.05) is 19.0 Å². The lowest BCUT2D eigenvalue weighted by Crippen LogP contribution is -2.28. The van der Waals surface area contributed by atoms with Crippen LogP contribution in [0, 0.1) is 0 Å². The van der Waals surface area contributed by atoms with Crippen LogP contribution in [-0.4, -0.2) is 19.7 Å². The second kappa shape index (κ2) is 6.03. The lowest BCUT2D eigenvalue weighted by molar-refractivity contribution is 0.185. The van der Waals surface area contributed by atoms with Crippen molar-refractivity contribution in [2.24, 2.45) is 0 Å². The largest absolute Gasteiger partial charge is 0.380 e. The molecule has 82 valence electrons. The highest BCUT2D eigenvalue weighted by Crippen LogP contribution is 2.15. The molecule has 1 rings (SSSR count). The zero-order valence-corrected chi connectivity index (χ0v) is 9.04. The normalized spacial score (nSPS) is 9.73. The van der Waals surface area contributed by atoms with Crippen LogP contribution in [0.15, 0.2) is 24.3 Å².